The third-order valence-electron chi connectivity index (χ3n) is 3.70. The van der Waals surface area contributed by atoms with Crippen molar-refractivity contribution in [3.63, 3.8) is 0 Å². The molecule has 1 saturated heterocycles. The number of aryl methyl sites for hydroxylation is 1. The van der Waals surface area contributed by atoms with Crippen LogP contribution in [0.15, 0.2) is 24.5 Å². The van der Waals surface area contributed by atoms with E-state index in [0.717, 1.165) is 22.5 Å². The largest absolute Gasteiger partial charge is 0.478 e. The molecule has 2 heterocycles. The second-order valence-corrected chi connectivity index (χ2v) is 6.24. The maximum atomic E-state index is 11.6. The second kappa shape index (κ2) is 5.01. The molecule has 0 unspecified atom stereocenters. The molecule has 0 amide bonds. The first-order valence-electron chi connectivity index (χ1n) is 6.52. The van der Waals surface area contributed by atoms with Crippen molar-refractivity contribution in [1.82, 2.24) is 9.55 Å². The van der Waals surface area contributed by atoms with E-state index in [4.69, 9.17) is 4.74 Å². The van der Waals surface area contributed by atoms with Gasteiger partial charge in [0.05, 0.1) is 17.4 Å². The molecule has 1 aliphatic rings. The lowest BCUT2D eigenvalue weighted by Gasteiger charge is -2.33. The maximum absolute atomic E-state index is 11.6. The highest BCUT2D eigenvalue weighted by Gasteiger charge is 2.42. The molecule has 0 saturated carbocycles. The zero-order valence-electron chi connectivity index (χ0n) is 11.2. The van der Waals surface area contributed by atoms with Gasteiger partial charge >= 0.3 is 5.97 Å². The fourth-order valence-corrected chi connectivity index (χ4v) is 3.62. The van der Waals surface area contributed by atoms with Crippen LogP contribution in [0.4, 0.5) is 0 Å². The lowest BCUT2D eigenvalue weighted by atomic mass is 9.96. The first kappa shape index (κ1) is 13.3. The summed E-state index contributed by atoms with van der Waals surface area (Å²) in [5.74, 6) is 1.33. The van der Waals surface area contributed by atoms with Crippen LogP contribution in [0.1, 0.15) is 12.8 Å². The summed E-state index contributed by atoms with van der Waals surface area (Å²) in [4.78, 5) is 15.9. The molecule has 0 atom stereocenters. The lowest BCUT2D eigenvalue weighted by Crippen LogP contribution is -2.47. The number of benzene rings is 1. The number of thioether (sulfide) groups is 1. The predicted molar refractivity (Wildman–Crippen MR) is 78.3 cm³/mol. The minimum absolute atomic E-state index is 0.535. The van der Waals surface area contributed by atoms with Gasteiger partial charge in [-0.1, -0.05) is 0 Å². The van der Waals surface area contributed by atoms with Crippen LogP contribution in [0.2, 0.25) is 0 Å². The smallest absolute Gasteiger partial charge is 0.348 e. The summed E-state index contributed by atoms with van der Waals surface area (Å²) < 4.78 is 7.78. The van der Waals surface area contributed by atoms with Crippen molar-refractivity contribution in [3.05, 3.63) is 24.5 Å². The van der Waals surface area contributed by atoms with E-state index in [1.807, 2.05) is 29.8 Å². The van der Waals surface area contributed by atoms with Crippen molar-refractivity contribution >= 4 is 28.8 Å². The highest BCUT2D eigenvalue weighted by atomic mass is 32.2. The highest BCUT2D eigenvalue weighted by Crippen LogP contribution is 2.33. The normalized spacial score (nSPS) is 18.1. The third kappa shape index (κ3) is 2.24. The molecule has 1 aromatic heterocycles. The molecule has 1 aromatic carbocycles. The molecule has 0 bridgehead atoms. The van der Waals surface area contributed by atoms with Crippen LogP contribution in [0.25, 0.3) is 11.0 Å². The van der Waals surface area contributed by atoms with Gasteiger partial charge < -0.3 is 14.4 Å². The first-order chi connectivity index (χ1) is 9.61. The molecule has 1 N–H and O–H groups in total. The Morgan fingerprint density at radius 2 is 2.20 bits per heavy atom. The van der Waals surface area contributed by atoms with Crippen molar-refractivity contribution in [2.45, 2.75) is 18.4 Å². The van der Waals surface area contributed by atoms with Crippen molar-refractivity contribution in [2.75, 3.05) is 11.5 Å². The van der Waals surface area contributed by atoms with Gasteiger partial charge in [0.2, 0.25) is 5.60 Å². The summed E-state index contributed by atoms with van der Waals surface area (Å²) >= 11 is 1.77. The molecule has 2 aromatic rings. The van der Waals surface area contributed by atoms with Gasteiger partial charge in [-0.15, -0.1) is 0 Å². The molecular weight excluding hydrogens is 276 g/mol. The summed E-state index contributed by atoms with van der Waals surface area (Å²) in [5, 5.41) is 9.51. The topological polar surface area (TPSA) is 64.4 Å². The Morgan fingerprint density at radius 1 is 1.45 bits per heavy atom. The standard InChI is InChI=1S/C14H16N2O3S/c1-16-9-15-11-8-10(2-3-12(11)16)19-14(13(17)18)4-6-20-7-5-14/h2-3,8-9H,4-7H2,1H3,(H,17,18). The van der Waals surface area contributed by atoms with E-state index < -0.39 is 11.6 Å². The van der Waals surface area contributed by atoms with Gasteiger partial charge in [0.15, 0.2) is 0 Å². The Bertz CT molecular complexity index is 647. The molecule has 1 fully saturated rings. The molecule has 0 spiro atoms. The Kier molecular flexibility index (Phi) is 3.33. The van der Waals surface area contributed by atoms with Crippen molar-refractivity contribution < 1.29 is 14.6 Å². The molecule has 6 heteroatoms. The van der Waals surface area contributed by atoms with Crippen LogP contribution in [0.3, 0.4) is 0 Å². The fourth-order valence-electron chi connectivity index (χ4n) is 2.47. The van der Waals surface area contributed by atoms with Crippen molar-refractivity contribution in [1.29, 1.82) is 0 Å². The summed E-state index contributed by atoms with van der Waals surface area (Å²) in [6.45, 7) is 0. The number of imidazole rings is 1. The SMILES string of the molecule is Cn1cnc2cc(OC3(C(=O)O)CCSCC3)ccc21. The van der Waals surface area contributed by atoms with Crippen LogP contribution in [-0.4, -0.2) is 37.7 Å². The highest BCUT2D eigenvalue weighted by molar-refractivity contribution is 7.99. The number of aromatic nitrogens is 2. The predicted octanol–water partition coefficient (Wildman–Crippen LogP) is 2.30. The minimum atomic E-state index is -1.09. The van der Waals surface area contributed by atoms with E-state index in [2.05, 4.69) is 4.98 Å². The number of hydrogen-bond acceptors (Lipinski definition) is 4. The Balaban J connectivity index is 1.92. The maximum Gasteiger partial charge on any atom is 0.348 e. The molecule has 3 rings (SSSR count). The van der Waals surface area contributed by atoms with Gasteiger partial charge in [-0.25, -0.2) is 9.78 Å². The quantitative estimate of drug-likeness (QED) is 0.940. The fraction of sp³-hybridized carbons (Fsp3) is 0.429. The Morgan fingerprint density at radius 3 is 2.90 bits per heavy atom. The van der Waals surface area contributed by atoms with Crippen LogP contribution in [0, 0.1) is 0 Å². The lowest BCUT2D eigenvalue weighted by molar-refractivity contribution is -0.156. The summed E-state index contributed by atoms with van der Waals surface area (Å²) in [5.41, 5.74) is 0.727. The molecule has 0 aliphatic carbocycles. The van der Waals surface area contributed by atoms with Crippen LogP contribution in [0.5, 0.6) is 5.75 Å². The van der Waals surface area contributed by atoms with Crippen molar-refractivity contribution in [3.8, 4) is 5.75 Å². The van der Waals surface area contributed by atoms with Gasteiger partial charge in [-0.3, -0.25) is 0 Å². The van der Waals surface area contributed by atoms with Gasteiger partial charge in [0.25, 0.3) is 0 Å². The molecule has 106 valence electrons. The van der Waals surface area contributed by atoms with E-state index in [1.165, 1.54) is 0 Å². The number of nitrogens with zero attached hydrogens (tertiary/aromatic N) is 2. The number of ether oxygens (including phenoxy) is 1. The van der Waals surface area contributed by atoms with Gasteiger partial charge in [-0.05, 0) is 23.6 Å². The van der Waals surface area contributed by atoms with Crippen molar-refractivity contribution in [2.24, 2.45) is 7.05 Å². The van der Waals surface area contributed by atoms with E-state index in [9.17, 15) is 9.90 Å². The number of carboxylic acid groups (broad SMARTS) is 1. The van der Waals surface area contributed by atoms with E-state index in [0.29, 0.717) is 18.6 Å². The molecular formula is C14H16N2O3S. The van der Waals surface area contributed by atoms with Crippen LogP contribution < -0.4 is 4.74 Å². The first-order valence-corrected chi connectivity index (χ1v) is 7.67. The zero-order chi connectivity index (χ0) is 14.2. The van der Waals surface area contributed by atoms with Gasteiger partial charge in [0, 0.05) is 26.0 Å². The molecule has 1 aliphatic heterocycles. The molecule has 5 nitrogen and oxygen atoms in total. The summed E-state index contributed by atoms with van der Waals surface area (Å²) in [7, 11) is 1.92. The molecule has 0 radical (unpaired) electrons. The Labute approximate surface area is 120 Å². The Hall–Kier alpha value is -1.69. The average molecular weight is 292 g/mol. The van der Waals surface area contributed by atoms with Gasteiger partial charge in [0.1, 0.15) is 5.75 Å². The number of carboxylic acids is 1. The van der Waals surface area contributed by atoms with E-state index in [-0.39, 0.29) is 0 Å². The number of carbonyl (C=O) groups is 1. The minimum Gasteiger partial charge on any atom is -0.478 e. The van der Waals surface area contributed by atoms with Crippen LogP contribution in [-0.2, 0) is 11.8 Å². The second-order valence-electron chi connectivity index (χ2n) is 5.02. The molecule has 20 heavy (non-hydrogen) atoms. The number of fused-ring (bicyclic) bond motifs is 1. The monoisotopic (exact) mass is 292 g/mol. The third-order valence-corrected chi connectivity index (χ3v) is 4.69. The number of hydrogen-bond donors (Lipinski definition) is 1. The van der Waals surface area contributed by atoms with Crippen LogP contribution >= 0.6 is 11.8 Å². The number of rotatable bonds is 3. The number of aliphatic carboxylic acids is 1. The van der Waals surface area contributed by atoms with E-state index >= 15 is 0 Å². The zero-order valence-corrected chi connectivity index (χ0v) is 12.0. The summed E-state index contributed by atoms with van der Waals surface area (Å²) in [6, 6.07) is 5.53. The van der Waals surface area contributed by atoms with E-state index in [1.54, 1.807) is 18.1 Å². The average Bonchev–Trinajstić information content (AvgIpc) is 2.81. The summed E-state index contributed by atoms with van der Waals surface area (Å²) in [6.07, 6.45) is 2.80. The van der Waals surface area contributed by atoms with Gasteiger partial charge in [-0.2, -0.15) is 11.8 Å².